The van der Waals surface area contributed by atoms with Gasteiger partial charge in [0.05, 0.1) is 16.9 Å². The van der Waals surface area contributed by atoms with E-state index in [0.29, 0.717) is 25.8 Å². The van der Waals surface area contributed by atoms with E-state index in [-0.39, 0.29) is 69.7 Å². The maximum absolute atomic E-state index is 13.7. The minimum Gasteiger partial charge on any atom is -0.481 e. The third kappa shape index (κ3) is 3.59. The van der Waals surface area contributed by atoms with E-state index in [2.05, 4.69) is 4.98 Å². The highest BCUT2D eigenvalue weighted by Gasteiger charge is 2.69. The van der Waals surface area contributed by atoms with Crippen LogP contribution in [0.1, 0.15) is 48.5 Å². The van der Waals surface area contributed by atoms with Crippen molar-refractivity contribution < 1.29 is 23.9 Å². The van der Waals surface area contributed by atoms with Crippen molar-refractivity contribution >= 4 is 40.9 Å². The van der Waals surface area contributed by atoms with Gasteiger partial charge in [-0.1, -0.05) is 29.9 Å². The number of benzene rings is 1. The smallest absolute Gasteiger partial charge is 0.305 e. The van der Waals surface area contributed by atoms with Gasteiger partial charge in [-0.3, -0.25) is 24.1 Å². The van der Waals surface area contributed by atoms with Gasteiger partial charge < -0.3 is 10.1 Å². The van der Waals surface area contributed by atoms with E-state index in [1.165, 1.54) is 28.4 Å². The first-order valence-corrected chi connectivity index (χ1v) is 13.8. The molecule has 35 heavy (non-hydrogen) atoms. The summed E-state index contributed by atoms with van der Waals surface area (Å²) < 4.78 is 13.7. The summed E-state index contributed by atoms with van der Waals surface area (Å²) in [4.78, 5) is 55.0. The molecule has 2 N–H and O–H groups in total. The first-order valence-electron chi connectivity index (χ1n) is 12.1. The second-order valence-corrected chi connectivity index (χ2v) is 12.2. The van der Waals surface area contributed by atoms with Gasteiger partial charge in [-0.25, -0.2) is 4.39 Å². The lowest BCUT2D eigenvalue weighted by molar-refractivity contribution is -0.141. The largest absolute Gasteiger partial charge is 0.481 e. The number of carbonyl (C=O) groups is 3. The van der Waals surface area contributed by atoms with Crippen LogP contribution in [0, 0.1) is 35.4 Å². The Balaban J connectivity index is 1.28. The summed E-state index contributed by atoms with van der Waals surface area (Å²) in [7, 11) is 0. The number of thioether (sulfide) groups is 1. The van der Waals surface area contributed by atoms with E-state index in [1.807, 2.05) is 0 Å². The number of carboxylic acid groups (broad SMARTS) is 1. The van der Waals surface area contributed by atoms with Gasteiger partial charge in [0.25, 0.3) is 0 Å². The van der Waals surface area contributed by atoms with Gasteiger partial charge in [-0.05, 0) is 54.7 Å². The highest BCUT2D eigenvalue weighted by atomic mass is 32.2. The Morgan fingerprint density at radius 1 is 1.06 bits per heavy atom. The zero-order valence-corrected chi connectivity index (χ0v) is 20.4. The molecule has 2 aliphatic heterocycles. The second-order valence-electron chi connectivity index (χ2n) is 10.0. The maximum atomic E-state index is 13.7. The molecule has 7 nitrogen and oxygen atoms in total. The number of halogens is 1. The SMILES string of the molecule is O=C(O)CCCCCN1C(=O)[C@@H]2[C@H]3C[C@@H]([C@@H]2C1=O)[C@@H]1[C@H](c2ccc(F)cc2)c2sc(=O)[nH]c2S[C@@H]31. The van der Waals surface area contributed by atoms with E-state index in [0.717, 1.165) is 21.9 Å². The Bertz CT molecular complexity index is 1260. The molecular weight excluding hydrogens is 491 g/mol. The molecule has 2 amide bonds. The minimum atomic E-state index is -0.838. The van der Waals surface area contributed by atoms with Crippen LogP contribution >= 0.6 is 23.1 Å². The summed E-state index contributed by atoms with van der Waals surface area (Å²) in [5.74, 6) is -1.91. The van der Waals surface area contributed by atoms with Gasteiger partial charge in [0.1, 0.15) is 5.82 Å². The number of imide groups is 1. The van der Waals surface area contributed by atoms with Gasteiger partial charge >= 0.3 is 10.8 Å². The normalized spacial score (nSPS) is 32.6. The second kappa shape index (κ2) is 8.58. The Morgan fingerprint density at radius 3 is 2.49 bits per heavy atom. The molecule has 7 atom stereocenters. The van der Waals surface area contributed by atoms with E-state index in [9.17, 15) is 23.6 Å². The molecule has 6 rings (SSSR count). The number of rotatable bonds is 7. The van der Waals surface area contributed by atoms with Crippen molar-refractivity contribution in [3.8, 4) is 0 Å². The number of hydrogen-bond donors (Lipinski definition) is 2. The Morgan fingerprint density at radius 2 is 1.77 bits per heavy atom. The summed E-state index contributed by atoms with van der Waals surface area (Å²) in [6.07, 6.45) is 2.71. The number of H-pyrrole nitrogens is 1. The van der Waals surface area contributed by atoms with E-state index < -0.39 is 5.97 Å². The maximum Gasteiger partial charge on any atom is 0.305 e. The fourth-order valence-corrected chi connectivity index (χ4v) is 9.95. The van der Waals surface area contributed by atoms with Crippen LogP contribution < -0.4 is 4.87 Å². The number of unbranched alkanes of at least 4 members (excludes halogenated alkanes) is 2. The molecule has 4 aliphatic rings. The van der Waals surface area contributed by atoms with Crippen molar-refractivity contribution in [3.05, 3.63) is 50.2 Å². The number of fused-ring (bicyclic) bond motifs is 9. The van der Waals surface area contributed by atoms with Crippen LogP contribution in [0.15, 0.2) is 34.1 Å². The summed E-state index contributed by atoms with van der Waals surface area (Å²) in [5.41, 5.74) is 0.939. The third-order valence-corrected chi connectivity index (χ3v) is 10.9. The molecule has 2 saturated carbocycles. The van der Waals surface area contributed by atoms with Crippen molar-refractivity contribution in [2.24, 2.45) is 29.6 Å². The summed E-state index contributed by atoms with van der Waals surface area (Å²) >= 11 is 2.83. The lowest BCUT2D eigenvalue weighted by atomic mass is 9.68. The fourth-order valence-electron chi connectivity index (χ4n) is 7.07. The number of aromatic nitrogens is 1. The molecular formula is C25H25FN2O5S2. The summed E-state index contributed by atoms with van der Waals surface area (Å²) in [5, 5.41) is 9.76. The van der Waals surface area contributed by atoms with Gasteiger partial charge in [0, 0.05) is 29.0 Å². The molecule has 2 aromatic rings. The van der Waals surface area contributed by atoms with Crippen LogP contribution in [0.4, 0.5) is 4.39 Å². The number of hydrogen-bond acceptors (Lipinski definition) is 6. The van der Waals surface area contributed by atoms with Crippen LogP contribution in [0.25, 0.3) is 0 Å². The standard InChI is InChI=1S/C25H25FN2O5S2/c26-12-7-5-11(6-8-12)16-17-13-10-14(20(17)34-22-21(16)35-25(33)27-22)19-18(13)23(31)28(24(19)32)9-3-1-2-4-15(29)30/h5-8,13-14,16-20H,1-4,9-10H2,(H,27,33)(H,29,30)/t13-,14-,16+,17-,18+,19-,20+/m1/s1. The average molecular weight is 517 g/mol. The molecule has 0 unspecified atom stereocenters. The van der Waals surface area contributed by atoms with Crippen molar-refractivity contribution in [2.45, 2.75) is 48.3 Å². The molecule has 0 spiro atoms. The van der Waals surface area contributed by atoms with Crippen LogP contribution in [0.5, 0.6) is 0 Å². The number of nitrogens with zero attached hydrogens (tertiary/aromatic N) is 1. The molecule has 1 saturated heterocycles. The molecule has 1 aromatic carbocycles. The number of aliphatic carboxylic acids is 1. The van der Waals surface area contributed by atoms with Crippen LogP contribution in [0.2, 0.25) is 0 Å². The van der Waals surface area contributed by atoms with Crippen LogP contribution in [0.3, 0.4) is 0 Å². The lowest BCUT2D eigenvalue weighted by Crippen LogP contribution is -2.42. The molecule has 0 radical (unpaired) electrons. The first kappa shape index (κ1) is 23.0. The molecule has 1 aromatic heterocycles. The Labute approximate surface area is 209 Å². The molecule has 2 aliphatic carbocycles. The number of nitrogens with one attached hydrogen (secondary N) is 1. The average Bonchev–Trinajstić information content (AvgIpc) is 3.54. The molecule has 2 bridgehead atoms. The molecule has 184 valence electrons. The minimum absolute atomic E-state index is 0.0383. The number of carboxylic acids is 1. The van der Waals surface area contributed by atoms with Crippen LogP contribution in [-0.2, 0) is 14.4 Å². The molecule has 3 fully saturated rings. The Hall–Kier alpha value is -2.46. The van der Waals surface area contributed by atoms with Gasteiger partial charge in [-0.2, -0.15) is 0 Å². The van der Waals surface area contributed by atoms with Crippen molar-refractivity contribution in [2.75, 3.05) is 6.54 Å². The first-order chi connectivity index (χ1) is 16.8. The highest BCUT2D eigenvalue weighted by molar-refractivity contribution is 8.00. The van der Waals surface area contributed by atoms with Crippen molar-refractivity contribution in [1.82, 2.24) is 9.88 Å². The summed E-state index contributed by atoms with van der Waals surface area (Å²) in [6.45, 7) is 0.342. The van der Waals surface area contributed by atoms with E-state index in [4.69, 9.17) is 5.11 Å². The quantitative estimate of drug-likeness (QED) is 0.429. The number of amides is 2. The van der Waals surface area contributed by atoms with E-state index >= 15 is 0 Å². The van der Waals surface area contributed by atoms with E-state index in [1.54, 1.807) is 23.9 Å². The number of likely N-dealkylation sites (tertiary alicyclic amines) is 1. The summed E-state index contributed by atoms with van der Waals surface area (Å²) in [6, 6.07) is 6.42. The van der Waals surface area contributed by atoms with Crippen LogP contribution in [-0.4, -0.2) is 44.6 Å². The number of thiazole rings is 1. The zero-order chi connectivity index (χ0) is 24.4. The zero-order valence-electron chi connectivity index (χ0n) is 18.8. The highest BCUT2D eigenvalue weighted by Crippen LogP contribution is 2.68. The van der Waals surface area contributed by atoms with Gasteiger partial charge in [-0.15, -0.1) is 11.8 Å². The lowest BCUT2D eigenvalue weighted by Gasteiger charge is -2.43. The molecule has 10 heteroatoms. The van der Waals surface area contributed by atoms with Gasteiger partial charge in [0.2, 0.25) is 11.8 Å². The number of carbonyl (C=O) groups excluding carboxylic acids is 2. The number of aromatic amines is 1. The van der Waals surface area contributed by atoms with Gasteiger partial charge in [0.15, 0.2) is 0 Å². The predicted molar refractivity (Wildman–Crippen MR) is 128 cm³/mol. The monoisotopic (exact) mass is 516 g/mol. The fraction of sp³-hybridized carbons (Fsp3) is 0.520. The Kier molecular flexibility index (Phi) is 5.63. The molecule has 3 heterocycles. The third-order valence-electron chi connectivity index (χ3n) is 8.32. The van der Waals surface area contributed by atoms with Crippen molar-refractivity contribution in [1.29, 1.82) is 0 Å². The topological polar surface area (TPSA) is 108 Å². The predicted octanol–water partition coefficient (Wildman–Crippen LogP) is 3.69. The van der Waals surface area contributed by atoms with Crippen molar-refractivity contribution in [3.63, 3.8) is 0 Å².